The third-order valence-electron chi connectivity index (χ3n) is 4.50. The first-order valence-corrected chi connectivity index (χ1v) is 8.16. The van der Waals surface area contributed by atoms with E-state index < -0.39 is 0 Å². The minimum atomic E-state index is 0.490. The highest BCUT2D eigenvalue weighted by atomic mass is 16.5. The summed E-state index contributed by atoms with van der Waals surface area (Å²) in [4.78, 5) is 13.5. The van der Waals surface area contributed by atoms with Gasteiger partial charge in [0, 0.05) is 19.5 Å². The van der Waals surface area contributed by atoms with Crippen LogP contribution in [-0.2, 0) is 13.1 Å². The zero-order valence-corrected chi connectivity index (χ0v) is 14.4. The van der Waals surface area contributed by atoms with Crippen molar-refractivity contribution in [1.29, 1.82) is 0 Å². The van der Waals surface area contributed by atoms with Gasteiger partial charge in [-0.05, 0) is 40.3 Å². The Bertz CT molecular complexity index is 631. The molecule has 3 rings (SSSR count). The molecule has 0 aliphatic carbocycles. The number of nitrogens with zero attached hydrogens (tertiary/aromatic N) is 5. The van der Waals surface area contributed by atoms with Gasteiger partial charge in [0.1, 0.15) is 5.76 Å². The summed E-state index contributed by atoms with van der Waals surface area (Å²) < 4.78 is 10.8. The number of piperidine rings is 1. The Morgan fingerprint density at radius 1 is 1.26 bits per heavy atom. The van der Waals surface area contributed by atoms with Crippen molar-refractivity contribution in [3.63, 3.8) is 0 Å². The molecule has 3 heterocycles. The van der Waals surface area contributed by atoms with Crippen LogP contribution in [0.15, 0.2) is 8.94 Å². The second kappa shape index (κ2) is 6.80. The maximum absolute atomic E-state index is 5.70. The topological polar surface area (TPSA) is 71.4 Å². The Balaban J connectivity index is 1.56. The fraction of sp³-hybridized carbons (Fsp3) is 0.688. The highest BCUT2D eigenvalue weighted by Gasteiger charge is 2.25. The van der Waals surface area contributed by atoms with E-state index in [1.165, 1.54) is 12.8 Å². The van der Waals surface area contributed by atoms with E-state index in [0.717, 1.165) is 49.3 Å². The van der Waals surface area contributed by atoms with Gasteiger partial charge in [-0.1, -0.05) is 5.16 Å². The quantitative estimate of drug-likeness (QED) is 0.835. The molecule has 0 spiro atoms. The van der Waals surface area contributed by atoms with Gasteiger partial charge in [0.15, 0.2) is 5.82 Å². The normalized spacial score (nSPS) is 19.6. The van der Waals surface area contributed by atoms with Crippen molar-refractivity contribution in [3.05, 3.63) is 29.1 Å². The van der Waals surface area contributed by atoms with Crippen molar-refractivity contribution in [2.75, 3.05) is 20.1 Å². The first-order chi connectivity index (χ1) is 11.0. The van der Waals surface area contributed by atoms with Gasteiger partial charge < -0.3 is 8.94 Å². The van der Waals surface area contributed by atoms with Crippen LogP contribution in [0.2, 0.25) is 0 Å². The van der Waals surface area contributed by atoms with Gasteiger partial charge in [-0.2, -0.15) is 4.98 Å². The number of hydrogen-bond donors (Lipinski definition) is 0. The van der Waals surface area contributed by atoms with Crippen LogP contribution < -0.4 is 0 Å². The summed E-state index contributed by atoms with van der Waals surface area (Å²) >= 11 is 0. The monoisotopic (exact) mass is 319 g/mol. The van der Waals surface area contributed by atoms with Crippen LogP contribution in [0.25, 0.3) is 0 Å². The molecule has 7 nitrogen and oxygen atoms in total. The number of aromatic nitrogens is 3. The molecule has 0 amide bonds. The number of likely N-dealkylation sites (N-methyl/N-ethyl adjacent to an activating group) is 1. The zero-order chi connectivity index (χ0) is 16.4. The maximum atomic E-state index is 5.70. The van der Waals surface area contributed by atoms with Gasteiger partial charge in [-0.15, -0.1) is 0 Å². The summed E-state index contributed by atoms with van der Waals surface area (Å²) in [6.07, 6.45) is 2.37. The third-order valence-corrected chi connectivity index (χ3v) is 4.50. The summed E-state index contributed by atoms with van der Waals surface area (Å²) in [6, 6.07) is 0.490. The summed E-state index contributed by atoms with van der Waals surface area (Å²) in [5.74, 6) is 3.10. The lowest BCUT2D eigenvalue weighted by molar-refractivity contribution is 0.0987. The Kier molecular flexibility index (Phi) is 4.77. The molecular formula is C16H25N5O2. The largest absolute Gasteiger partial charge is 0.444 e. The van der Waals surface area contributed by atoms with Gasteiger partial charge in [0.2, 0.25) is 11.8 Å². The van der Waals surface area contributed by atoms with Crippen molar-refractivity contribution in [2.24, 2.45) is 0 Å². The predicted octanol–water partition coefficient (Wildman–Crippen LogP) is 2.08. The molecule has 1 unspecified atom stereocenters. The zero-order valence-electron chi connectivity index (χ0n) is 14.4. The van der Waals surface area contributed by atoms with Crippen LogP contribution in [0, 0.1) is 20.8 Å². The lowest BCUT2D eigenvalue weighted by atomic mass is 10.0. The molecule has 0 saturated carbocycles. The van der Waals surface area contributed by atoms with Crippen molar-refractivity contribution in [1.82, 2.24) is 24.9 Å². The molecule has 0 aromatic carbocycles. The Morgan fingerprint density at radius 2 is 2.09 bits per heavy atom. The van der Waals surface area contributed by atoms with E-state index in [2.05, 4.69) is 32.0 Å². The SMILES string of the molecule is Cc1nc(CN2CCCC(N(C)Cc3nc(C)c(C)o3)C2)no1. The summed E-state index contributed by atoms with van der Waals surface area (Å²) in [6.45, 7) is 9.34. The highest BCUT2D eigenvalue weighted by molar-refractivity contribution is 5.05. The molecule has 2 aromatic rings. The molecule has 0 N–H and O–H groups in total. The average molecular weight is 319 g/mol. The molecule has 7 heteroatoms. The van der Waals surface area contributed by atoms with Crippen LogP contribution in [0.3, 0.4) is 0 Å². The molecule has 1 fully saturated rings. The Labute approximate surface area is 136 Å². The third kappa shape index (κ3) is 3.97. The van der Waals surface area contributed by atoms with E-state index in [1.54, 1.807) is 0 Å². The molecule has 126 valence electrons. The van der Waals surface area contributed by atoms with Crippen molar-refractivity contribution < 1.29 is 8.94 Å². The minimum absolute atomic E-state index is 0.490. The number of aryl methyl sites for hydroxylation is 3. The van der Waals surface area contributed by atoms with E-state index in [4.69, 9.17) is 8.94 Å². The van der Waals surface area contributed by atoms with Crippen LogP contribution in [0.5, 0.6) is 0 Å². The fourth-order valence-electron chi connectivity index (χ4n) is 3.09. The molecule has 0 radical (unpaired) electrons. The Hall–Kier alpha value is -1.73. The fourth-order valence-corrected chi connectivity index (χ4v) is 3.09. The average Bonchev–Trinajstić information content (AvgIpc) is 3.05. The van der Waals surface area contributed by atoms with Gasteiger partial charge >= 0.3 is 0 Å². The standard InChI is InChI=1S/C16H25N5O2/c1-11-12(2)22-16(17-11)10-20(4)14-6-5-7-21(8-14)9-15-18-13(3)23-19-15/h14H,5-10H2,1-4H3. The van der Waals surface area contributed by atoms with Gasteiger partial charge in [-0.25, -0.2) is 4.98 Å². The minimum Gasteiger partial charge on any atom is -0.444 e. The lowest BCUT2D eigenvalue weighted by Gasteiger charge is -2.36. The van der Waals surface area contributed by atoms with Gasteiger partial charge in [-0.3, -0.25) is 9.80 Å². The molecule has 0 bridgehead atoms. The van der Waals surface area contributed by atoms with Crippen LogP contribution in [0.1, 0.15) is 41.9 Å². The van der Waals surface area contributed by atoms with E-state index in [-0.39, 0.29) is 0 Å². The Morgan fingerprint density at radius 3 is 2.74 bits per heavy atom. The molecule has 1 saturated heterocycles. The lowest BCUT2D eigenvalue weighted by Crippen LogP contribution is -2.45. The summed E-state index contributed by atoms with van der Waals surface area (Å²) in [5.41, 5.74) is 0.978. The number of oxazole rings is 1. The molecule has 1 aliphatic heterocycles. The smallest absolute Gasteiger partial charge is 0.223 e. The van der Waals surface area contributed by atoms with Crippen molar-refractivity contribution >= 4 is 0 Å². The molecule has 2 aromatic heterocycles. The molecular weight excluding hydrogens is 294 g/mol. The van der Waals surface area contributed by atoms with E-state index in [9.17, 15) is 0 Å². The highest BCUT2D eigenvalue weighted by Crippen LogP contribution is 2.19. The van der Waals surface area contributed by atoms with Gasteiger partial charge in [0.25, 0.3) is 0 Å². The molecule has 1 atom stereocenters. The van der Waals surface area contributed by atoms with Crippen LogP contribution >= 0.6 is 0 Å². The first kappa shape index (κ1) is 16.1. The first-order valence-electron chi connectivity index (χ1n) is 8.16. The van der Waals surface area contributed by atoms with E-state index >= 15 is 0 Å². The predicted molar refractivity (Wildman–Crippen MR) is 84.8 cm³/mol. The van der Waals surface area contributed by atoms with Crippen LogP contribution in [-0.4, -0.2) is 51.1 Å². The maximum Gasteiger partial charge on any atom is 0.223 e. The van der Waals surface area contributed by atoms with Crippen molar-refractivity contribution in [2.45, 2.75) is 52.7 Å². The summed E-state index contributed by atoms with van der Waals surface area (Å²) in [7, 11) is 2.14. The molecule has 1 aliphatic rings. The summed E-state index contributed by atoms with van der Waals surface area (Å²) in [5, 5.41) is 3.99. The molecule has 23 heavy (non-hydrogen) atoms. The van der Waals surface area contributed by atoms with Crippen molar-refractivity contribution in [3.8, 4) is 0 Å². The number of rotatable bonds is 5. The van der Waals surface area contributed by atoms with E-state index in [0.29, 0.717) is 11.9 Å². The van der Waals surface area contributed by atoms with Gasteiger partial charge in [0.05, 0.1) is 18.8 Å². The van der Waals surface area contributed by atoms with Crippen LogP contribution in [0.4, 0.5) is 0 Å². The van der Waals surface area contributed by atoms with E-state index in [1.807, 2.05) is 20.8 Å². The second-order valence-electron chi connectivity index (χ2n) is 6.43. The second-order valence-corrected chi connectivity index (χ2v) is 6.43. The number of hydrogen-bond acceptors (Lipinski definition) is 7. The number of likely N-dealkylation sites (tertiary alicyclic amines) is 1.